The number of likely N-dealkylation sites (N-methyl/N-ethyl adjacent to an activating group) is 1. The van der Waals surface area contributed by atoms with Crippen LogP contribution in [0.1, 0.15) is 19.8 Å². The van der Waals surface area contributed by atoms with Crippen LogP contribution in [0.4, 0.5) is 0 Å². The quantitative estimate of drug-likeness (QED) is 0.678. The lowest BCUT2D eigenvalue weighted by molar-refractivity contribution is -0.120. The minimum absolute atomic E-state index is 0.102. The van der Waals surface area contributed by atoms with Gasteiger partial charge in [0.25, 0.3) is 0 Å². The first kappa shape index (κ1) is 12.5. The van der Waals surface area contributed by atoms with E-state index >= 15 is 0 Å². The molecule has 1 aliphatic rings. The molecule has 1 aliphatic heterocycles. The largest absolute Gasteiger partial charge is 0.355 e. The van der Waals surface area contributed by atoms with Crippen LogP contribution in [-0.2, 0) is 4.79 Å². The van der Waals surface area contributed by atoms with Crippen molar-refractivity contribution < 1.29 is 4.79 Å². The normalized spacial score (nSPS) is 19.1. The van der Waals surface area contributed by atoms with Crippen LogP contribution in [0.5, 0.6) is 0 Å². The molecule has 0 bridgehead atoms. The molecule has 1 amide bonds. The van der Waals surface area contributed by atoms with Crippen LogP contribution >= 0.6 is 0 Å². The van der Waals surface area contributed by atoms with Gasteiger partial charge in [-0.25, -0.2) is 0 Å². The Hall–Kier alpha value is -0.610. The van der Waals surface area contributed by atoms with E-state index in [4.69, 9.17) is 0 Å². The first-order valence-corrected chi connectivity index (χ1v) is 5.88. The third-order valence-corrected chi connectivity index (χ3v) is 2.93. The topological polar surface area (TPSA) is 44.4 Å². The Bertz CT molecular complexity index is 188. The lowest BCUT2D eigenvalue weighted by Crippen LogP contribution is -2.39. The van der Waals surface area contributed by atoms with Gasteiger partial charge in [-0.15, -0.1) is 0 Å². The van der Waals surface area contributed by atoms with Gasteiger partial charge in [0, 0.05) is 6.54 Å². The maximum absolute atomic E-state index is 11.2. The van der Waals surface area contributed by atoms with Gasteiger partial charge >= 0.3 is 0 Å². The van der Waals surface area contributed by atoms with Crippen LogP contribution in [0.3, 0.4) is 0 Å². The fourth-order valence-corrected chi connectivity index (χ4v) is 1.92. The zero-order valence-electron chi connectivity index (χ0n) is 9.88. The van der Waals surface area contributed by atoms with Crippen molar-refractivity contribution in [2.75, 3.05) is 39.8 Å². The van der Waals surface area contributed by atoms with Gasteiger partial charge in [0.1, 0.15) is 0 Å². The summed E-state index contributed by atoms with van der Waals surface area (Å²) >= 11 is 0. The second kappa shape index (κ2) is 6.80. The summed E-state index contributed by atoms with van der Waals surface area (Å²) in [6.45, 7) is 6.47. The molecule has 0 radical (unpaired) electrons. The molecule has 0 aliphatic carbocycles. The lowest BCUT2D eigenvalue weighted by atomic mass is 9.97. The zero-order valence-corrected chi connectivity index (χ0v) is 9.88. The van der Waals surface area contributed by atoms with Gasteiger partial charge in [-0.3, -0.25) is 4.79 Å². The number of carbonyl (C=O) groups excluding carboxylic acids is 1. The summed E-state index contributed by atoms with van der Waals surface area (Å²) in [5, 5.41) is 6.00. The molecule has 0 unspecified atom stereocenters. The number of nitrogens with one attached hydrogen (secondary N) is 2. The average Bonchev–Trinajstić information content (AvgIpc) is 2.21. The molecule has 0 aromatic carbocycles. The Balaban J connectivity index is 2.02. The van der Waals surface area contributed by atoms with Gasteiger partial charge in [-0.1, -0.05) is 0 Å². The van der Waals surface area contributed by atoms with Crippen molar-refractivity contribution in [1.82, 2.24) is 15.5 Å². The van der Waals surface area contributed by atoms with Crippen molar-refractivity contribution in [3.8, 4) is 0 Å². The number of piperidine rings is 1. The van der Waals surface area contributed by atoms with Gasteiger partial charge in [0.2, 0.25) is 5.91 Å². The number of rotatable bonds is 5. The molecule has 1 heterocycles. The van der Waals surface area contributed by atoms with E-state index in [1.54, 1.807) is 0 Å². The molecule has 0 atom stereocenters. The Morgan fingerprint density at radius 3 is 2.67 bits per heavy atom. The van der Waals surface area contributed by atoms with Crippen LogP contribution in [-0.4, -0.2) is 50.6 Å². The molecule has 0 spiro atoms. The monoisotopic (exact) mass is 213 g/mol. The summed E-state index contributed by atoms with van der Waals surface area (Å²) in [5.41, 5.74) is 0. The molecule has 2 N–H and O–H groups in total. The average molecular weight is 213 g/mol. The van der Waals surface area contributed by atoms with Crippen molar-refractivity contribution in [2.24, 2.45) is 5.92 Å². The van der Waals surface area contributed by atoms with Gasteiger partial charge in [-0.05, 0) is 52.4 Å². The first-order chi connectivity index (χ1) is 7.22. The Morgan fingerprint density at radius 2 is 2.07 bits per heavy atom. The van der Waals surface area contributed by atoms with E-state index in [-0.39, 0.29) is 5.91 Å². The SMILES string of the molecule is CCNC(=O)CNCC1CCN(C)CC1. The summed E-state index contributed by atoms with van der Waals surface area (Å²) in [4.78, 5) is 13.5. The van der Waals surface area contributed by atoms with E-state index in [0.717, 1.165) is 19.0 Å². The highest BCUT2D eigenvalue weighted by atomic mass is 16.1. The highest BCUT2D eigenvalue weighted by Crippen LogP contribution is 2.14. The summed E-state index contributed by atoms with van der Waals surface area (Å²) in [7, 11) is 2.17. The molecule has 4 heteroatoms. The highest BCUT2D eigenvalue weighted by molar-refractivity contribution is 5.77. The van der Waals surface area contributed by atoms with Crippen molar-refractivity contribution >= 4 is 5.91 Å². The molecule has 4 nitrogen and oxygen atoms in total. The smallest absolute Gasteiger partial charge is 0.233 e. The van der Waals surface area contributed by atoms with Crippen molar-refractivity contribution in [3.05, 3.63) is 0 Å². The third kappa shape index (κ3) is 5.14. The number of hydrogen-bond donors (Lipinski definition) is 2. The molecule has 15 heavy (non-hydrogen) atoms. The van der Waals surface area contributed by atoms with E-state index in [2.05, 4.69) is 22.6 Å². The van der Waals surface area contributed by atoms with Crippen LogP contribution in [0.15, 0.2) is 0 Å². The standard InChI is InChI=1S/C11H23N3O/c1-3-13-11(15)9-12-8-10-4-6-14(2)7-5-10/h10,12H,3-9H2,1-2H3,(H,13,15). The molecule has 1 rings (SSSR count). The van der Waals surface area contributed by atoms with Crippen LogP contribution < -0.4 is 10.6 Å². The van der Waals surface area contributed by atoms with Crippen molar-refractivity contribution in [1.29, 1.82) is 0 Å². The molecule has 1 fully saturated rings. The van der Waals surface area contributed by atoms with Gasteiger partial charge < -0.3 is 15.5 Å². The molecular formula is C11H23N3O. The summed E-state index contributed by atoms with van der Waals surface area (Å²) in [6, 6.07) is 0. The Morgan fingerprint density at radius 1 is 1.40 bits per heavy atom. The molecule has 0 aromatic rings. The van der Waals surface area contributed by atoms with Crippen molar-refractivity contribution in [3.63, 3.8) is 0 Å². The Labute approximate surface area is 92.4 Å². The predicted molar refractivity (Wildman–Crippen MR) is 61.8 cm³/mol. The summed E-state index contributed by atoms with van der Waals surface area (Å²) in [5.74, 6) is 0.848. The zero-order chi connectivity index (χ0) is 11.1. The van der Waals surface area contributed by atoms with Crippen LogP contribution in [0, 0.1) is 5.92 Å². The van der Waals surface area contributed by atoms with E-state index in [9.17, 15) is 4.79 Å². The fraction of sp³-hybridized carbons (Fsp3) is 0.909. The molecule has 1 saturated heterocycles. The Kier molecular flexibility index (Phi) is 5.65. The summed E-state index contributed by atoms with van der Waals surface area (Å²) in [6.07, 6.45) is 2.50. The molecule has 88 valence electrons. The first-order valence-electron chi connectivity index (χ1n) is 5.88. The van der Waals surface area contributed by atoms with Crippen LogP contribution in [0.25, 0.3) is 0 Å². The lowest BCUT2D eigenvalue weighted by Gasteiger charge is -2.28. The number of nitrogens with zero attached hydrogens (tertiary/aromatic N) is 1. The maximum atomic E-state index is 11.2. The number of hydrogen-bond acceptors (Lipinski definition) is 3. The maximum Gasteiger partial charge on any atom is 0.233 e. The number of carbonyl (C=O) groups is 1. The van der Waals surface area contributed by atoms with Crippen LogP contribution in [0.2, 0.25) is 0 Å². The van der Waals surface area contributed by atoms with Gasteiger partial charge in [0.15, 0.2) is 0 Å². The highest BCUT2D eigenvalue weighted by Gasteiger charge is 2.16. The summed E-state index contributed by atoms with van der Waals surface area (Å²) < 4.78 is 0. The molecule has 0 saturated carbocycles. The molecular weight excluding hydrogens is 190 g/mol. The second-order valence-corrected chi connectivity index (χ2v) is 4.33. The minimum atomic E-state index is 0.102. The number of likely N-dealkylation sites (tertiary alicyclic amines) is 1. The van der Waals surface area contributed by atoms with Crippen molar-refractivity contribution in [2.45, 2.75) is 19.8 Å². The van der Waals surface area contributed by atoms with Gasteiger partial charge in [0.05, 0.1) is 6.54 Å². The minimum Gasteiger partial charge on any atom is -0.355 e. The van der Waals surface area contributed by atoms with Gasteiger partial charge in [-0.2, -0.15) is 0 Å². The number of amides is 1. The van der Waals surface area contributed by atoms with E-state index in [1.807, 2.05) is 6.92 Å². The second-order valence-electron chi connectivity index (χ2n) is 4.33. The fourth-order valence-electron chi connectivity index (χ4n) is 1.92. The van der Waals surface area contributed by atoms with E-state index < -0.39 is 0 Å². The molecule has 0 aromatic heterocycles. The predicted octanol–water partition coefficient (Wildman–Crippen LogP) is 0.0539. The van der Waals surface area contributed by atoms with E-state index in [1.165, 1.54) is 25.9 Å². The van der Waals surface area contributed by atoms with E-state index in [0.29, 0.717) is 6.54 Å². The third-order valence-electron chi connectivity index (χ3n) is 2.93.